The highest BCUT2D eigenvalue weighted by Gasteiger charge is 2.18. The second kappa shape index (κ2) is 11.9. The SMILES string of the molecule is c1ccc(-c2nc(-c3ccc(-c4ccc5c(-c6ccccc6)cc6ccccc6c5c4)cc3)nc(-c3cccc4oc5ccccc5c34)n2)cc1. The Bertz CT molecular complexity index is 2900. The standard InChI is InChI=1S/C47H29N3O/c1-3-12-31(13-4-1)40-29-35-16-7-8-17-36(35)41-28-34(26-27-37(40)41)30-22-24-33(25-23-30)46-48-45(32-14-5-2-6-15-32)49-47(50-46)39-19-11-21-43-44(39)38-18-9-10-20-42(38)51-43/h1-29H. The van der Waals surface area contributed by atoms with Crippen LogP contribution in [0.2, 0.25) is 0 Å². The molecule has 2 heterocycles. The molecule has 0 fully saturated rings. The fourth-order valence-corrected chi connectivity index (χ4v) is 7.25. The van der Waals surface area contributed by atoms with E-state index in [1.807, 2.05) is 60.7 Å². The lowest BCUT2D eigenvalue weighted by Crippen LogP contribution is -2.00. The maximum absolute atomic E-state index is 6.21. The minimum Gasteiger partial charge on any atom is -0.456 e. The third-order valence-electron chi connectivity index (χ3n) is 9.73. The Morgan fingerprint density at radius 2 is 0.902 bits per heavy atom. The average molecular weight is 652 g/mol. The van der Waals surface area contributed by atoms with Crippen LogP contribution in [0.25, 0.3) is 99.9 Å². The second-order valence-electron chi connectivity index (χ2n) is 12.8. The van der Waals surface area contributed by atoms with Crippen molar-refractivity contribution in [3.05, 3.63) is 176 Å². The first kappa shape index (κ1) is 29.0. The Hall–Kier alpha value is -6.91. The van der Waals surface area contributed by atoms with Gasteiger partial charge in [0.1, 0.15) is 11.2 Å². The summed E-state index contributed by atoms with van der Waals surface area (Å²) >= 11 is 0. The molecule has 0 saturated carbocycles. The fraction of sp³-hybridized carbons (Fsp3) is 0. The van der Waals surface area contributed by atoms with Crippen LogP contribution in [-0.2, 0) is 0 Å². The van der Waals surface area contributed by atoms with E-state index in [1.54, 1.807) is 0 Å². The van der Waals surface area contributed by atoms with Gasteiger partial charge in [0.15, 0.2) is 17.5 Å². The zero-order chi connectivity index (χ0) is 33.7. The molecule has 2 aromatic heterocycles. The first-order valence-electron chi connectivity index (χ1n) is 17.1. The second-order valence-corrected chi connectivity index (χ2v) is 12.8. The zero-order valence-electron chi connectivity index (χ0n) is 27.5. The van der Waals surface area contributed by atoms with Crippen LogP contribution in [-0.4, -0.2) is 15.0 Å². The Labute approximate surface area is 294 Å². The number of aromatic nitrogens is 3. The highest BCUT2D eigenvalue weighted by Crippen LogP contribution is 2.39. The van der Waals surface area contributed by atoms with Crippen LogP contribution in [0.3, 0.4) is 0 Å². The van der Waals surface area contributed by atoms with Crippen molar-refractivity contribution in [2.75, 3.05) is 0 Å². The molecular formula is C47H29N3O. The summed E-state index contributed by atoms with van der Waals surface area (Å²) < 4.78 is 6.21. The number of para-hydroxylation sites is 1. The molecule has 0 saturated heterocycles. The van der Waals surface area contributed by atoms with Gasteiger partial charge in [0.05, 0.1) is 0 Å². The molecule has 0 unspecified atom stereocenters. The molecule has 4 nitrogen and oxygen atoms in total. The summed E-state index contributed by atoms with van der Waals surface area (Å²) in [7, 11) is 0. The van der Waals surface area contributed by atoms with Gasteiger partial charge in [-0.1, -0.05) is 152 Å². The summed E-state index contributed by atoms with van der Waals surface area (Å²) in [6, 6.07) is 61.2. The smallest absolute Gasteiger partial charge is 0.164 e. The van der Waals surface area contributed by atoms with Gasteiger partial charge < -0.3 is 4.42 Å². The van der Waals surface area contributed by atoms with Crippen LogP contribution < -0.4 is 0 Å². The molecule has 0 aliphatic carbocycles. The summed E-state index contributed by atoms with van der Waals surface area (Å²) in [4.78, 5) is 15.1. The van der Waals surface area contributed by atoms with Crippen LogP contribution in [0.5, 0.6) is 0 Å². The third kappa shape index (κ3) is 5.04. The molecule has 0 aliphatic rings. The molecule has 8 aromatic carbocycles. The highest BCUT2D eigenvalue weighted by atomic mass is 16.3. The van der Waals surface area contributed by atoms with Crippen molar-refractivity contribution < 1.29 is 4.42 Å². The summed E-state index contributed by atoms with van der Waals surface area (Å²) in [6.45, 7) is 0. The molecule has 0 atom stereocenters. The van der Waals surface area contributed by atoms with Crippen LogP contribution in [0.1, 0.15) is 0 Å². The molecular weight excluding hydrogens is 623 g/mol. The zero-order valence-corrected chi connectivity index (χ0v) is 27.5. The number of hydrogen-bond donors (Lipinski definition) is 0. The van der Waals surface area contributed by atoms with Gasteiger partial charge in [-0.05, 0) is 68.1 Å². The van der Waals surface area contributed by atoms with Crippen LogP contribution >= 0.6 is 0 Å². The van der Waals surface area contributed by atoms with Crippen molar-refractivity contribution in [2.45, 2.75) is 0 Å². The van der Waals surface area contributed by atoms with Gasteiger partial charge in [0.25, 0.3) is 0 Å². The topological polar surface area (TPSA) is 51.8 Å². The summed E-state index contributed by atoms with van der Waals surface area (Å²) in [6.07, 6.45) is 0. The molecule has 0 bridgehead atoms. The molecule has 10 rings (SSSR count). The van der Waals surface area contributed by atoms with Gasteiger partial charge in [-0.3, -0.25) is 0 Å². The number of furan rings is 1. The molecule has 238 valence electrons. The van der Waals surface area contributed by atoms with E-state index in [0.29, 0.717) is 17.5 Å². The van der Waals surface area contributed by atoms with E-state index in [9.17, 15) is 0 Å². The monoisotopic (exact) mass is 651 g/mol. The van der Waals surface area contributed by atoms with Gasteiger partial charge in [-0.2, -0.15) is 0 Å². The van der Waals surface area contributed by atoms with Crippen LogP contribution in [0.15, 0.2) is 180 Å². The average Bonchev–Trinajstić information content (AvgIpc) is 3.60. The van der Waals surface area contributed by atoms with Crippen molar-refractivity contribution in [1.29, 1.82) is 0 Å². The predicted octanol–water partition coefficient (Wildman–Crippen LogP) is 12.4. The van der Waals surface area contributed by atoms with Crippen molar-refractivity contribution in [2.24, 2.45) is 0 Å². The van der Waals surface area contributed by atoms with Gasteiger partial charge in [-0.25, -0.2) is 15.0 Å². The highest BCUT2D eigenvalue weighted by molar-refractivity contribution is 6.15. The fourth-order valence-electron chi connectivity index (χ4n) is 7.25. The Morgan fingerprint density at radius 3 is 1.69 bits per heavy atom. The van der Waals surface area contributed by atoms with E-state index in [1.165, 1.54) is 32.7 Å². The first-order chi connectivity index (χ1) is 25.3. The van der Waals surface area contributed by atoms with E-state index >= 15 is 0 Å². The molecule has 4 heteroatoms. The van der Waals surface area contributed by atoms with Gasteiger partial charge in [0.2, 0.25) is 0 Å². The number of benzene rings is 8. The number of rotatable bonds is 5. The largest absolute Gasteiger partial charge is 0.456 e. The van der Waals surface area contributed by atoms with Crippen molar-refractivity contribution in [3.8, 4) is 56.4 Å². The van der Waals surface area contributed by atoms with Crippen molar-refractivity contribution in [1.82, 2.24) is 15.0 Å². The summed E-state index contributed by atoms with van der Waals surface area (Å²) in [5.41, 5.74) is 9.15. The molecule has 0 N–H and O–H groups in total. The van der Waals surface area contributed by atoms with Crippen molar-refractivity contribution in [3.63, 3.8) is 0 Å². The molecule has 0 radical (unpaired) electrons. The minimum atomic E-state index is 0.607. The Kier molecular flexibility index (Phi) is 6.78. The van der Waals surface area contributed by atoms with Gasteiger partial charge >= 0.3 is 0 Å². The van der Waals surface area contributed by atoms with E-state index < -0.39 is 0 Å². The maximum Gasteiger partial charge on any atom is 0.164 e. The van der Waals surface area contributed by atoms with E-state index in [4.69, 9.17) is 19.4 Å². The molecule has 51 heavy (non-hydrogen) atoms. The first-order valence-corrected chi connectivity index (χ1v) is 17.1. The Balaban J connectivity index is 1.10. The lowest BCUT2D eigenvalue weighted by molar-refractivity contribution is 0.669. The van der Waals surface area contributed by atoms with E-state index in [-0.39, 0.29) is 0 Å². The summed E-state index contributed by atoms with van der Waals surface area (Å²) in [5, 5.41) is 7.00. The van der Waals surface area contributed by atoms with E-state index in [0.717, 1.165) is 49.8 Å². The van der Waals surface area contributed by atoms with Crippen molar-refractivity contribution >= 4 is 43.5 Å². The third-order valence-corrected chi connectivity index (χ3v) is 9.73. The van der Waals surface area contributed by atoms with Gasteiger partial charge in [-0.15, -0.1) is 0 Å². The normalized spacial score (nSPS) is 11.5. The van der Waals surface area contributed by atoms with Crippen LogP contribution in [0, 0.1) is 0 Å². The van der Waals surface area contributed by atoms with E-state index in [2.05, 4.69) is 115 Å². The number of hydrogen-bond acceptors (Lipinski definition) is 4. The predicted molar refractivity (Wildman–Crippen MR) is 209 cm³/mol. The lowest BCUT2D eigenvalue weighted by Gasteiger charge is -2.13. The number of nitrogens with zero attached hydrogens (tertiary/aromatic N) is 3. The molecule has 10 aromatic rings. The minimum absolute atomic E-state index is 0.607. The quantitative estimate of drug-likeness (QED) is 0.174. The summed E-state index contributed by atoms with van der Waals surface area (Å²) in [5.74, 6) is 1.85. The molecule has 0 spiro atoms. The van der Waals surface area contributed by atoms with Gasteiger partial charge in [0, 0.05) is 27.5 Å². The van der Waals surface area contributed by atoms with Crippen LogP contribution in [0.4, 0.5) is 0 Å². The molecule has 0 aliphatic heterocycles. The lowest BCUT2D eigenvalue weighted by atomic mass is 9.91. The maximum atomic E-state index is 6.21. The molecule has 0 amide bonds. The Morgan fingerprint density at radius 1 is 0.314 bits per heavy atom. The number of fused-ring (bicyclic) bond motifs is 6.